The summed E-state index contributed by atoms with van der Waals surface area (Å²) in [6.45, 7) is 1.66. The highest BCUT2D eigenvalue weighted by Crippen LogP contribution is 2.24. The molecule has 0 fully saturated rings. The van der Waals surface area contributed by atoms with Crippen molar-refractivity contribution in [1.82, 2.24) is 0 Å². The molecule has 0 heterocycles. The van der Waals surface area contributed by atoms with Crippen molar-refractivity contribution in [2.45, 2.75) is 11.8 Å². The quantitative estimate of drug-likeness (QED) is 0.905. The topological polar surface area (TPSA) is 89.3 Å². The van der Waals surface area contributed by atoms with E-state index in [1.54, 1.807) is 31.2 Å². The van der Waals surface area contributed by atoms with Gasteiger partial charge in [0.15, 0.2) is 0 Å². The van der Waals surface area contributed by atoms with Crippen molar-refractivity contribution in [2.75, 3.05) is 4.72 Å². The van der Waals surface area contributed by atoms with E-state index >= 15 is 0 Å². The van der Waals surface area contributed by atoms with Crippen LogP contribution in [0.25, 0.3) is 0 Å². The minimum atomic E-state index is -3.86. The SMILES string of the molecule is Cc1ccc(Cl)cc1S(=O)(=O)Nc1ccccc1C(N)=O. The molecule has 0 radical (unpaired) electrons. The summed E-state index contributed by atoms with van der Waals surface area (Å²) in [5, 5.41) is 0.309. The van der Waals surface area contributed by atoms with Crippen LogP contribution in [-0.2, 0) is 10.0 Å². The molecule has 0 saturated carbocycles. The number of hydrogen-bond acceptors (Lipinski definition) is 3. The van der Waals surface area contributed by atoms with Crippen LogP contribution in [-0.4, -0.2) is 14.3 Å². The molecule has 0 saturated heterocycles. The molecule has 21 heavy (non-hydrogen) atoms. The molecule has 0 unspecified atom stereocenters. The van der Waals surface area contributed by atoms with E-state index in [1.807, 2.05) is 0 Å². The lowest BCUT2D eigenvalue weighted by Crippen LogP contribution is -2.19. The first-order valence-corrected chi connectivity index (χ1v) is 7.85. The maximum Gasteiger partial charge on any atom is 0.262 e. The smallest absolute Gasteiger partial charge is 0.262 e. The lowest BCUT2D eigenvalue weighted by molar-refractivity contribution is 0.100. The third kappa shape index (κ3) is 3.34. The molecule has 110 valence electrons. The maximum absolute atomic E-state index is 12.4. The Bertz CT molecular complexity index is 804. The number of amides is 1. The van der Waals surface area contributed by atoms with E-state index in [4.69, 9.17) is 17.3 Å². The molecule has 0 spiro atoms. The molecule has 0 aliphatic rings. The highest BCUT2D eigenvalue weighted by atomic mass is 35.5. The zero-order valence-corrected chi connectivity index (χ0v) is 12.7. The normalized spacial score (nSPS) is 11.1. The molecular weight excluding hydrogens is 312 g/mol. The maximum atomic E-state index is 12.4. The van der Waals surface area contributed by atoms with E-state index in [0.29, 0.717) is 10.6 Å². The summed E-state index contributed by atoms with van der Waals surface area (Å²) in [6.07, 6.45) is 0. The number of carbonyl (C=O) groups excluding carboxylic acids is 1. The van der Waals surface area contributed by atoms with Crippen molar-refractivity contribution < 1.29 is 13.2 Å². The van der Waals surface area contributed by atoms with E-state index in [9.17, 15) is 13.2 Å². The number of anilines is 1. The van der Waals surface area contributed by atoms with Crippen molar-refractivity contribution in [3.05, 3.63) is 58.6 Å². The standard InChI is InChI=1S/C14H13ClN2O3S/c1-9-6-7-10(15)8-13(9)21(19,20)17-12-5-3-2-4-11(12)14(16)18/h2-8,17H,1H3,(H2,16,18). The van der Waals surface area contributed by atoms with Gasteiger partial charge in [-0.3, -0.25) is 9.52 Å². The fourth-order valence-electron chi connectivity index (χ4n) is 1.85. The summed E-state index contributed by atoms with van der Waals surface area (Å²) in [7, 11) is -3.86. The minimum absolute atomic E-state index is 0.0503. The average molecular weight is 325 g/mol. The average Bonchev–Trinajstić information content (AvgIpc) is 2.41. The lowest BCUT2D eigenvalue weighted by Gasteiger charge is -2.12. The first-order valence-electron chi connectivity index (χ1n) is 5.99. The number of para-hydroxylation sites is 1. The number of carbonyl (C=O) groups is 1. The number of halogens is 1. The zero-order valence-electron chi connectivity index (χ0n) is 11.1. The fourth-order valence-corrected chi connectivity index (χ4v) is 3.44. The monoisotopic (exact) mass is 324 g/mol. The van der Waals surface area contributed by atoms with Gasteiger partial charge in [0.25, 0.3) is 15.9 Å². The Kier molecular flexibility index (Phi) is 4.20. The fraction of sp³-hybridized carbons (Fsp3) is 0.0714. The number of benzene rings is 2. The van der Waals surface area contributed by atoms with Crippen molar-refractivity contribution in [3.63, 3.8) is 0 Å². The van der Waals surface area contributed by atoms with Gasteiger partial charge in [-0.15, -0.1) is 0 Å². The molecule has 1 amide bonds. The highest BCUT2D eigenvalue weighted by molar-refractivity contribution is 7.92. The molecule has 3 N–H and O–H groups in total. The van der Waals surface area contributed by atoms with Crippen LogP contribution in [0.3, 0.4) is 0 Å². The van der Waals surface area contributed by atoms with E-state index in [1.165, 1.54) is 18.2 Å². The van der Waals surface area contributed by atoms with E-state index in [0.717, 1.165) is 0 Å². The molecule has 2 aromatic rings. The van der Waals surface area contributed by atoms with Crippen LogP contribution < -0.4 is 10.5 Å². The van der Waals surface area contributed by atoms with Gasteiger partial charge in [0, 0.05) is 5.02 Å². The Hall–Kier alpha value is -2.05. The van der Waals surface area contributed by atoms with Crippen LogP contribution >= 0.6 is 11.6 Å². The zero-order chi connectivity index (χ0) is 15.6. The Morgan fingerprint density at radius 2 is 1.86 bits per heavy atom. The minimum Gasteiger partial charge on any atom is -0.366 e. The van der Waals surface area contributed by atoms with Crippen LogP contribution in [0.2, 0.25) is 5.02 Å². The molecular formula is C14H13ClN2O3S. The Balaban J connectivity index is 2.48. The molecule has 5 nitrogen and oxygen atoms in total. The Labute approximate surface area is 127 Å². The van der Waals surface area contributed by atoms with Gasteiger partial charge in [-0.05, 0) is 36.8 Å². The van der Waals surface area contributed by atoms with Gasteiger partial charge in [0.2, 0.25) is 0 Å². The Morgan fingerprint density at radius 1 is 1.19 bits per heavy atom. The van der Waals surface area contributed by atoms with Crippen LogP contribution in [0.15, 0.2) is 47.4 Å². The second kappa shape index (κ2) is 5.75. The summed E-state index contributed by atoms with van der Waals surface area (Å²) in [4.78, 5) is 11.4. The first-order chi connectivity index (χ1) is 9.81. The molecule has 0 aliphatic carbocycles. The molecule has 2 aromatic carbocycles. The molecule has 7 heteroatoms. The number of hydrogen-bond donors (Lipinski definition) is 2. The van der Waals surface area contributed by atoms with Crippen molar-refractivity contribution in [1.29, 1.82) is 0 Å². The molecule has 0 atom stereocenters. The summed E-state index contributed by atoms with van der Waals surface area (Å²) in [5.41, 5.74) is 6.00. The van der Waals surface area contributed by atoms with E-state index in [-0.39, 0.29) is 16.1 Å². The predicted molar refractivity (Wildman–Crippen MR) is 82.0 cm³/mol. The second-order valence-corrected chi connectivity index (χ2v) is 6.51. The molecule has 0 bridgehead atoms. The molecule has 0 aliphatic heterocycles. The van der Waals surface area contributed by atoms with Crippen molar-refractivity contribution >= 4 is 33.2 Å². The third-order valence-corrected chi connectivity index (χ3v) is 4.62. The van der Waals surface area contributed by atoms with Gasteiger partial charge in [-0.1, -0.05) is 29.8 Å². The van der Waals surface area contributed by atoms with Gasteiger partial charge in [-0.2, -0.15) is 0 Å². The van der Waals surface area contributed by atoms with E-state index in [2.05, 4.69) is 4.72 Å². The van der Waals surface area contributed by atoms with Crippen LogP contribution in [0, 0.1) is 6.92 Å². The highest BCUT2D eigenvalue weighted by Gasteiger charge is 2.19. The van der Waals surface area contributed by atoms with Crippen molar-refractivity contribution in [2.24, 2.45) is 5.73 Å². The Morgan fingerprint density at radius 3 is 2.52 bits per heavy atom. The van der Waals surface area contributed by atoms with Gasteiger partial charge in [0.1, 0.15) is 0 Å². The van der Waals surface area contributed by atoms with E-state index < -0.39 is 15.9 Å². The van der Waals surface area contributed by atoms with Crippen LogP contribution in [0.5, 0.6) is 0 Å². The summed E-state index contributed by atoms with van der Waals surface area (Å²) in [6, 6.07) is 10.7. The van der Waals surface area contributed by atoms with Gasteiger partial charge < -0.3 is 5.73 Å². The summed E-state index contributed by atoms with van der Waals surface area (Å²) in [5.74, 6) is -0.712. The number of sulfonamides is 1. The lowest BCUT2D eigenvalue weighted by atomic mass is 10.2. The van der Waals surface area contributed by atoms with Gasteiger partial charge >= 0.3 is 0 Å². The molecule has 0 aromatic heterocycles. The van der Waals surface area contributed by atoms with Crippen LogP contribution in [0.1, 0.15) is 15.9 Å². The first kappa shape index (κ1) is 15.3. The summed E-state index contributed by atoms with van der Waals surface area (Å²) >= 11 is 5.84. The number of aryl methyl sites for hydroxylation is 1. The van der Waals surface area contributed by atoms with Gasteiger partial charge in [0.05, 0.1) is 16.1 Å². The van der Waals surface area contributed by atoms with Crippen molar-refractivity contribution in [3.8, 4) is 0 Å². The van der Waals surface area contributed by atoms with Gasteiger partial charge in [-0.25, -0.2) is 8.42 Å². The predicted octanol–water partition coefficient (Wildman–Crippen LogP) is 2.55. The largest absolute Gasteiger partial charge is 0.366 e. The number of primary amides is 1. The molecule has 2 rings (SSSR count). The number of nitrogens with one attached hydrogen (secondary N) is 1. The number of rotatable bonds is 4. The third-order valence-electron chi connectivity index (χ3n) is 2.88. The van der Waals surface area contributed by atoms with Crippen LogP contribution in [0.4, 0.5) is 5.69 Å². The summed E-state index contributed by atoms with van der Waals surface area (Å²) < 4.78 is 27.2. The second-order valence-electron chi connectivity index (χ2n) is 4.43. The number of nitrogens with two attached hydrogens (primary N) is 1.